The molecule has 2 unspecified atom stereocenters. The Labute approximate surface area is 91.5 Å². The molecule has 2 atom stereocenters. The SMILES string of the molecule is COC(=O)/C=C/N1CC(C)C(N(C)C)C1. The summed E-state index contributed by atoms with van der Waals surface area (Å²) in [5.41, 5.74) is 0. The van der Waals surface area contributed by atoms with E-state index in [1.54, 1.807) is 0 Å². The van der Waals surface area contributed by atoms with E-state index < -0.39 is 0 Å². The molecule has 1 aliphatic rings. The van der Waals surface area contributed by atoms with Crippen LogP contribution in [0.1, 0.15) is 6.92 Å². The van der Waals surface area contributed by atoms with E-state index in [1.807, 2.05) is 6.20 Å². The van der Waals surface area contributed by atoms with Gasteiger partial charge < -0.3 is 14.5 Å². The van der Waals surface area contributed by atoms with Crippen molar-refractivity contribution < 1.29 is 9.53 Å². The van der Waals surface area contributed by atoms with Crippen LogP contribution in [0.3, 0.4) is 0 Å². The summed E-state index contributed by atoms with van der Waals surface area (Å²) in [6.45, 7) is 4.20. The van der Waals surface area contributed by atoms with Crippen LogP contribution in [0.4, 0.5) is 0 Å². The number of methoxy groups -OCH3 is 1. The number of carbonyl (C=O) groups excluding carboxylic acids is 1. The molecule has 15 heavy (non-hydrogen) atoms. The minimum Gasteiger partial charge on any atom is -0.466 e. The van der Waals surface area contributed by atoms with Crippen molar-refractivity contribution in [2.45, 2.75) is 13.0 Å². The first-order chi connectivity index (χ1) is 7.04. The van der Waals surface area contributed by atoms with Crippen molar-refractivity contribution >= 4 is 5.97 Å². The second-order valence-corrected chi connectivity index (χ2v) is 4.30. The summed E-state index contributed by atoms with van der Waals surface area (Å²) in [7, 11) is 5.57. The number of likely N-dealkylation sites (N-methyl/N-ethyl adjacent to an activating group) is 1. The van der Waals surface area contributed by atoms with E-state index in [-0.39, 0.29) is 5.97 Å². The second kappa shape index (κ2) is 5.16. The van der Waals surface area contributed by atoms with Gasteiger partial charge in [-0.05, 0) is 20.0 Å². The second-order valence-electron chi connectivity index (χ2n) is 4.30. The lowest BCUT2D eigenvalue weighted by atomic mass is 10.1. The largest absolute Gasteiger partial charge is 0.466 e. The van der Waals surface area contributed by atoms with Crippen LogP contribution in [0.15, 0.2) is 12.3 Å². The van der Waals surface area contributed by atoms with E-state index in [2.05, 4.69) is 35.6 Å². The van der Waals surface area contributed by atoms with Gasteiger partial charge in [-0.2, -0.15) is 0 Å². The van der Waals surface area contributed by atoms with E-state index in [1.165, 1.54) is 13.2 Å². The number of hydrogen-bond donors (Lipinski definition) is 0. The first-order valence-corrected chi connectivity index (χ1v) is 5.21. The van der Waals surface area contributed by atoms with E-state index in [0.29, 0.717) is 12.0 Å². The van der Waals surface area contributed by atoms with Crippen molar-refractivity contribution in [3.63, 3.8) is 0 Å². The molecule has 0 spiro atoms. The summed E-state index contributed by atoms with van der Waals surface area (Å²) >= 11 is 0. The molecule has 86 valence electrons. The van der Waals surface area contributed by atoms with E-state index in [0.717, 1.165) is 13.1 Å². The molecular formula is C11H20N2O2. The summed E-state index contributed by atoms with van der Waals surface area (Å²) < 4.78 is 4.55. The molecule has 1 saturated heterocycles. The highest BCUT2D eigenvalue weighted by molar-refractivity contribution is 5.81. The molecule has 0 aliphatic carbocycles. The lowest BCUT2D eigenvalue weighted by molar-refractivity contribution is -0.134. The molecule has 0 aromatic rings. The quantitative estimate of drug-likeness (QED) is 0.505. The van der Waals surface area contributed by atoms with E-state index in [9.17, 15) is 4.79 Å². The third-order valence-electron chi connectivity index (χ3n) is 2.89. The molecule has 0 aromatic carbocycles. The van der Waals surface area contributed by atoms with Crippen molar-refractivity contribution in [1.29, 1.82) is 0 Å². The standard InChI is InChI=1S/C11H20N2O2/c1-9-7-13(6-5-11(14)15-4)8-10(9)12(2)3/h5-6,9-10H,7-8H2,1-4H3/b6-5+. The molecule has 0 amide bonds. The lowest BCUT2D eigenvalue weighted by Gasteiger charge is -2.22. The van der Waals surface area contributed by atoms with E-state index >= 15 is 0 Å². The highest BCUT2D eigenvalue weighted by atomic mass is 16.5. The number of hydrogen-bond acceptors (Lipinski definition) is 4. The van der Waals surface area contributed by atoms with Crippen molar-refractivity contribution in [3.05, 3.63) is 12.3 Å². The third kappa shape index (κ3) is 3.23. The molecule has 0 aromatic heterocycles. The lowest BCUT2D eigenvalue weighted by Crippen LogP contribution is -2.33. The molecule has 0 saturated carbocycles. The van der Waals surface area contributed by atoms with Crippen molar-refractivity contribution in [1.82, 2.24) is 9.80 Å². The van der Waals surface area contributed by atoms with Crippen LogP contribution in [0, 0.1) is 5.92 Å². The Morgan fingerprint density at radius 2 is 2.13 bits per heavy atom. The molecule has 1 aliphatic heterocycles. The Bertz CT molecular complexity index is 251. The van der Waals surface area contributed by atoms with Gasteiger partial charge in [-0.15, -0.1) is 0 Å². The number of carbonyl (C=O) groups is 1. The highest BCUT2D eigenvalue weighted by Gasteiger charge is 2.29. The Kier molecular flexibility index (Phi) is 4.15. The predicted octanol–water partition coefficient (Wildman–Crippen LogP) is 0.555. The number of likely N-dealkylation sites (tertiary alicyclic amines) is 1. The maximum Gasteiger partial charge on any atom is 0.331 e. The van der Waals surface area contributed by atoms with Gasteiger partial charge in [-0.3, -0.25) is 0 Å². The zero-order valence-corrected chi connectivity index (χ0v) is 9.93. The number of esters is 1. The molecule has 0 bridgehead atoms. The molecule has 1 fully saturated rings. The summed E-state index contributed by atoms with van der Waals surface area (Å²) in [6.07, 6.45) is 3.30. The fourth-order valence-corrected chi connectivity index (χ4v) is 2.01. The van der Waals surface area contributed by atoms with Gasteiger partial charge in [0.25, 0.3) is 0 Å². The summed E-state index contributed by atoms with van der Waals surface area (Å²) in [5, 5.41) is 0. The minimum absolute atomic E-state index is 0.295. The van der Waals surface area contributed by atoms with Gasteiger partial charge in [-0.1, -0.05) is 6.92 Å². The smallest absolute Gasteiger partial charge is 0.331 e. The Balaban J connectivity index is 2.48. The van der Waals surface area contributed by atoms with Crippen LogP contribution in [0.25, 0.3) is 0 Å². The van der Waals surface area contributed by atoms with E-state index in [4.69, 9.17) is 0 Å². The monoisotopic (exact) mass is 212 g/mol. The predicted molar refractivity (Wildman–Crippen MR) is 59.4 cm³/mol. The molecule has 1 heterocycles. The van der Waals surface area contributed by atoms with Gasteiger partial charge in [0, 0.05) is 31.4 Å². The molecule has 4 heteroatoms. The zero-order valence-electron chi connectivity index (χ0n) is 9.93. The first kappa shape index (κ1) is 12.0. The van der Waals surface area contributed by atoms with Crippen molar-refractivity contribution in [3.8, 4) is 0 Å². The van der Waals surface area contributed by atoms with Crippen molar-refractivity contribution in [2.75, 3.05) is 34.3 Å². The summed E-state index contributed by atoms with van der Waals surface area (Å²) in [5.74, 6) is 0.332. The van der Waals surface area contributed by atoms with Gasteiger partial charge in [0.05, 0.1) is 7.11 Å². The Morgan fingerprint density at radius 1 is 1.47 bits per heavy atom. The van der Waals surface area contributed by atoms with Crippen LogP contribution >= 0.6 is 0 Å². The highest BCUT2D eigenvalue weighted by Crippen LogP contribution is 2.19. The van der Waals surface area contributed by atoms with Gasteiger partial charge >= 0.3 is 5.97 Å². The summed E-state index contributed by atoms with van der Waals surface area (Å²) in [6, 6.07) is 0.562. The first-order valence-electron chi connectivity index (χ1n) is 5.21. The third-order valence-corrected chi connectivity index (χ3v) is 2.89. The topological polar surface area (TPSA) is 32.8 Å². The fraction of sp³-hybridized carbons (Fsp3) is 0.727. The number of nitrogens with zero attached hydrogens (tertiary/aromatic N) is 2. The number of rotatable bonds is 3. The average Bonchev–Trinajstić information content (AvgIpc) is 2.56. The van der Waals surface area contributed by atoms with Gasteiger partial charge in [0.15, 0.2) is 0 Å². The maximum absolute atomic E-state index is 10.9. The molecular weight excluding hydrogens is 192 g/mol. The fourth-order valence-electron chi connectivity index (χ4n) is 2.01. The Hall–Kier alpha value is -1.03. The zero-order chi connectivity index (χ0) is 11.4. The molecule has 4 nitrogen and oxygen atoms in total. The molecule has 0 N–H and O–H groups in total. The van der Waals surface area contributed by atoms with Crippen LogP contribution in [-0.2, 0) is 9.53 Å². The van der Waals surface area contributed by atoms with Crippen LogP contribution < -0.4 is 0 Å². The number of ether oxygens (including phenoxy) is 1. The average molecular weight is 212 g/mol. The normalized spacial score (nSPS) is 26.6. The van der Waals surface area contributed by atoms with Crippen LogP contribution in [0.2, 0.25) is 0 Å². The molecule has 0 radical (unpaired) electrons. The summed E-state index contributed by atoms with van der Waals surface area (Å²) in [4.78, 5) is 15.3. The van der Waals surface area contributed by atoms with Gasteiger partial charge in [0.1, 0.15) is 0 Å². The maximum atomic E-state index is 10.9. The van der Waals surface area contributed by atoms with Crippen LogP contribution in [-0.4, -0.2) is 56.1 Å². The van der Waals surface area contributed by atoms with Crippen molar-refractivity contribution in [2.24, 2.45) is 5.92 Å². The Morgan fingerprint density at radius 3 is 2.60 bits per heavy atom. The minimum atomic E-state index is -0.295. The van der Waals surface area contributed by atoms with Gasteiger partial charge in [-0.25, -0.2) is 4.79 Å². The van der Waals surface area contributed by atoms with Gasteiger partial charge in [0.2, 0.25) is 0 Å². The van der Waals surface area contributed by atoms with Crippen LogP contribution in [0.5, 0.6) is 0 Å². The molecule has 1 rings (SSSR count).